The molecule has 0 amide bonds. The van der Waals surface area contributed by atoms with Crippen LogP contribution in [-0.2, 0) is 6.61 Å². The minimum absolute atomic E-state index is 0.0990. The lowest BCUT2D eigenvalue weighted by atomic mass is 10.1. The van der Waals surface area contributed by atoms with Crippen LogP contribution in [0.2, 0.25) is 0 Å². The van der Waals surface area contributed by atoms with E-state index in [-0.39, 0.29) is 6.61 Å². The van der Waals surface area contributed by atoms with Crippen molar-refractivity contribution < 1.29 is 9.13 Å². The van der Waals surface area contributed by atoms with Gasteiger partial charge in [-0.1, -0.05) is 12.1 Å². The molecule has 2 N–H and O–H groups in total. The third kappa shape index (κ3) is 2.83. The maximum absolute atomic E-state index is 13.7. The average Bonchev–Trinajstić information content (AvgIpc) is 2.41. The van der Waals surface area contributed by atoms with E-state index in [1.165, 1.54) is 6.07 Å². The Balaban J connectivity index is 2.15. The molecule has 4 heteroatoms. The van der Waals surface area contributed by atoms with Crippen molar-refractivity contribution in [2.24, 2.45) is 0 Å². The van der Waals surface area contributed by atoms with Crippen LogP contribution < -0.4 is 10.5 Å². The number of hydrogen-bond donors (Lipinski definition) is 1. The lowest BCUT2D eigenvalue weighted by Gasteiger charge is -2.11. The van der Waals surface area contributed by atoms with Gasteiger partial charge in [-0.25, -0.2) is 4.39 Å². The number of nitriles is 1. The first-order valence-electron chi connectivity index (χ1n) is 5.78. The standard InChI is InChI=1S/C15H13FN2O/c1-10-14(18)3-2-4-15(10)19-9-12-6-5-11(8-17)7-13(12)16/h2-7H,9,18H2,1H3. The molecule has 2 aromatic rings. The van der Waals surface area contributed by atoms with Crippen molar-refractivity contribution in [3.63, 3.8) is 0 Å². The maximum Gasteiger partial charge on any atom is 0.131 e. The highest BCUT2D eigenvalue weighted by atomic mass is 19.1. The molecule has 0 heterocycles. The molecule has 0 aliphatic heterocycles. The Hall–Kier alpha value is -2.54. The predicted molar refractivity (Wildman–Crippen MR) is 71.0 cm³/mol. The van der Waals surface area contributed by atoms with Gasteiger partial charge in [0.1, 0.15) is 18.2 Å². The van der Waals surface area contributed by atoms with Crippen LogP contribution in [-0.4, -0.2) is 0 Å². The van der Waals surface area contributed by atoms with E-state index in [1.807, 2.05) is 13.0 Å². The van der Waals surface area contributed by atoms with Crippen molar-refractivity contribution in [1.29, 1.82) is 5.26 Å². The number of anilines is 1. The summed E-state index contributed by atoms with van der Waals surface area (Å²) in [5.74, 6) is 0.185. The van der Waals surface area contributed by atoms with Crippen LogP contribution in [0.1, 0.15) is 16.7 Å². The van der Waals surface area contributed by atoms with E-state index in [0.717, 1.165) is 5.56 Å². The lowest BCUT2D eigenvalue weighted by Crippen LogP contribution is -2.01. The normalized spacial score (nSPS) is 9.95. The Morgan fingerprint density at radius 3 is 2.79 bits per heavy atom. The molecule has 19 heavy (non-hydrogen) atoms. The van der Waals surface area contributed by atoms with Gasteiger partial charge >= 0.3 is 0 Å². The molecule has 0 aliphatic carbocycles. The SMILES string of the molecule is Cc1c(N)cccc1OCc1ccc(C#N)cc1F. The molecule has 96 valence electrons. The summed E-state index contributed by atoms with van der Waals surface area (Å²) in [6.07, 6.45) is 0. The summed E-state index contributed by atoms with van der Waals surface area (Å²) in [4.78, 5) is 0. The summed E-state index contributed by atoms with van der Waals surface area (Å²) in [7, 11) is 0. The Bertz CT molecular complexity index is 647. The summed E-state index contributed by atoms with van der Waals surface area (Å²) in [5.41, 5.74) is 7.93. The number of rotatable bonds is 3. The van der Waals surface area contributed by atoms with E-state index >= 15 is 0 Å². The second-order valence-corrected chi connectivity index (χ2v) is 4.18. The smallest absolute Gasteiger partial charge is 0.131 e. The minimum Gasteiger partial charge on any atom is -0.488 e. The summed E-state index contributed by atoms with van der Waals surface area (Å²) in [6, 6.07) is 11.6. The van der Waals surface area contributed by atoms with Gasteiger partial charge in [-0.2, -0.15) is 5.26 Å². The Labute approximate surface area is 111 Å². The van der Waals surface area contributed by atoms with Crippen molar-refractivity contribution in [2.75, 3.05) is 5.73 Å². The highest BCUT2D eigenvalue weighted by Gasteiger charge is 2.07. The highest BCUT2D eigenvalue weighted by molar-refractivity contribution is 5.53. The fraction of sp³-hybridized carbons (Fsp3) is 0.133. The van der Waals surface area contributed by atoms with E-state index in [9.17, 15) is 4.39 Å². The first kappa shape index (κ1) is 12.9. The van der Waals surface area contributed by atoms with E-state index in [0.29, 0.717) is 22.6 Å². The number of benzene rings is 2. The van der Waals surface area contributed by atoms with Crippen LogP contribution in [0.4, 0.5) is 10.1 Å². The topological polar surface area (TPSA) is 59.0 Å². The van der Waals surface area contributed by atoms with Gasteiger partial charge in [-0.05, 0) is 31.2 Å². The first-order chi connectivity index (χ1) is 9.11. The number of ether oxygens (including phenoxy) is 1. The van der Waals surface area contributed by atoms with Crippen molar-refractivity contribution in [2.45, 2.75) is 13.5 Å². The Kier molecular flexibility index (Phi) is 3.67. The zero-order chi connectivity index (χ0) is 13.8. The Morgan fingerprint density at radius 1 is 1.32 bits per heavy atom. The molecule has 0 fully saturated rings. The van der Waals surface area contributed by atoms with Gasteiger partial charge in [0.05, 0.1) is 11.6 Å². The van der Waals surface area contributed by atoms with Crippen molar-refractivity contribution in [1.82, 2.24) is 0 Å². The molecule has 0 atom stereocenters. The van der Waals surface area contributed by atoms with Crippen molar-refractivity contribution in [3.8, 4) is 11.8 Å². The predicted octanol–water partition coefficient (Wildman–Crippen LogP) is 3.17. The molecule has 0 aromatic heterocycles. The van der Waals surface area contributed by atoms with Gasteiger partial charge in [0, 0.05) is 16.8 Å². The average molecular weight is 256 g/mol. The fourth-order valence-corrected chi connectivity index (χ4v) is 1.68. The zero-order valence-electron chi connectivity index (χ0n) is 10.5. The molecule has 0 bridgehead atoms. The first-order valence-corrected chi connectivity index (χ1v) is 5.78. The zero-order valence-corrected chi connectivity index (χ0v) is 10.5. The molecule has 0 aliphatic rings. The van der Waals surface area contributed by atoms with E-state index in [4.69, 9.17) is 15.7 Å². The third-order valence-electron chi connectivity index (χ3n) is 2.89. The summed E-state index contributed by atoms with van der Waals surface area (Å²) >= 11 is 0. The van der Waals surface area contributed by atoms with Gasteiger partial charge in [-0.15, -0.1) is 0 Å². The van der Waals surface area contributed by atoms with Crippen molar-refractivity contribution in [3.05, 3.63) is 58.9 Å². The summed E-state index contributed by atoms with van der Waals surface area (Å²) in [5, 5.41) is 8.67. The van der Waals surface area contributed by atoms with Crippen LogP contribution in [0.5, 0.6) is 5.75 Å². The van der Waals surface area contributed by atoms with E-state index in [2.05, 4.69) is 0 Å². The molecular weight excluding hydrogens is 243 g/mol. The minimum atomic E-state index is -0.444. The van der Waals surface area contributed by atoms with Crippen LogP contribution >= 0.6 is 0 Å². The van der Waals surface area contributed by atoms with Crippen LogP contribution in [0, 0.1) is 24.1 Å². The van der Waals surface area contributed by atoms with Gasteiger partial charge in [0.15, 0.2) is 0 Å². The third-order valence-corrected chi connectivity index (χ3v) is 2.89. The number of nitrogen functional groups attached to an aromatic ring is 1. The Morgan fingerprint density at radius 2 is 2.11 bits per heavy atom. The van der Waals surface area contributed by atoms with Crippen LogP contribution in [0.25, 0.3) is 0 Å². The van der Waals surface area contributed by atoms with Gasteiger partial charge in [0.25, 0.3) is 0 Å². The van der Waals surface area contributed by atoms with E-state index in [1.54, 1.807) is 30.3 Å². The molecule has 0 spiro atoms. The molecule has 0 saturated heterocycles. The fourth-order valence-electron chi connectivity index (χ4n) is 1.68. The number of nitrogens with two attached hydrogens (primary N) is 1. The van der Waals surface area contributed by atoms with E-state index < -0.39 is 5.82 Å². The molecule has 3 nitrogen and oxygen atoms in total. The summed E-state index contributed by atoms with van der Waals surface area (Å²) in [6.45, 7) is 1.95. The lowest BCUT2D eigenvalue weighted by molar-refractivity contribution is 0.298. The second kappa shape index (κ2) is 5.40. The maximum atomic E-state index is 13.7. The molecule has 0 saturated carbocycles. The quantitative estimate of drug-likeness (QED) is 0.858. The molecular formula is C15H13FN2O. The molecule has 0 radical (unpaired) electrons. The van der Waals surface area contributed by atoms with Gasteiger partial charge < -0.3 is 10.5 Å². The molecule has 2 rings (SSSR count). The number of hydrogen-bond acceptors (Lipinski definition) is 3. The van der Waals surface area contributed by atoms with Gasteiger partial charge in [0.2, 0.25) is 0 Å². The molecule has 0 unspecified atom stereocenters. The number of nitrogens with zero attached hydrogens (tertiary/aromatic N) is 1. The van der Waals surface area contributed by atoms with Gasteiger partial charge in [-0.3, -0.25) is 0 Å². The highest BCUT2D eigenvalue weighted by Crippen LogP contribution is 2.24. The molecule has 2 aromatic carbocycles. The largest absolute Gasteiger partial charge is 0.488 e. The number of halogens is 1. The van der Waals surface area contributed by atoms with Crippen LogP contribution in [0.15, 0.2) is 36.4 Å². The van der Waals surface area contributed by atoms with Crippen molar-refractivity contribution >= 4 is 5.69 Å². The monoisotopic (exact) mass is 256 g/mol. The van der Waals surface area contributed by atoms with Crippen LogP contribution in [0.3, 0.4) is 0 Å². The summed E-state index contributed by atoms with van der Waals surface area (Å²) < 4.78 is 19.2. The second-order valence-electron chi connectivity index (χ2n) is 4.18.